The highest BCUT2D eigenvalue weighted by molar-refractivity contribution is 5.89. The van der Waals surface area contributed by atoms with Gasteiger partial charge < -0.3 is 15.3 Å². The average Bonchev–Trinajstić information content (AvgIpc) is 3.35. The quantitative estimate of drug-likeness (QED) is 0.697. The van der Waals surface area contributed by atoms with Gasteiger partial charge in [0.25, 0.3) is 0 Å². The third-order valence-electron chi connectivity index (χ3n) is 4.79. The van der Waals surface area contributed by atoms with E-state index in [-0.39, 0.29) is 0 Å². The molecule has 0 spiro atoms. The maximum atomic E-state index is 15.4. The van der Waals surface area contributed by atoms with Crippen molar-refractivity contribution in [3.05, 3.63) is 31.0 Å². The van der Waals surface area contributed by atoms with Gasteiger partial charge in [0, 0.05) is 49.6 Å². The molecule has 0 amide bonds. The number of rotatable bonds is 5. The number of alkyl halides is 1. The summed E-state index contributed by atoms with van der Waals surface area (Å²) in [7, 11) is 1.70. The molecule has 2 unspecified atom stereocenters. The van der Waals surface area contributed by atoms with Crippen molar-refractivity contribution < 1.29 is 4.39 Å². The van der Waals surface area contributed by atoms with Crippen molar-refractivity contribution in [3.63, 3.8) is 0 Å². The summed E-state index contributed by atoms with van der Waals surface area (Å²) in [5.41, 5.74) is 1.08. The average molecular weight is 341 g/mol. The summed E-state index contributed by atoms with van der Waals surface area (Å²) < 4.78 is 17.1. The smallest absolute Gasteiger partial charge is 0.147 e. The second-order valence-electron chi connectivity index (χ2n) is 6.32. The summed E-state index contributed by atoms with van der Waals surface area (Å²) >= 11 is 0. The van der Waals surface area contributed by atoms with Gasteiger partial charge >= 0.3 is 0 Å². The van der Waals surface area contributed by atoms with Crippen molar-refractivity contribution in [2.24, 2.45) is 4.99 Å². The molecule has 1 saturated heterocycles. The van der Waals surface area contributed by atoms with E-state index in [1.54, 1.807) is 24.1 Å². The second-order valence-corrected chi connectivity index (χ2v) is 6.32. The summed E-state index contributed by atoms with van der Waals surface area (Å²) in [6, 6.07) is 1.53. The van der Waals surface area contributed by atoms with Crippen molar-refractivity contribution in [2.45, 2.75) is 24.6 Å². The summed E-state index contributed by atoms with van der Waals surface area (Å²) in [6.45, 7) is 1.01. The number of nitrogens with one attached hydrogen (secondary N) is 2. The lowest BCUT2D eigenvalue weighted by Gasteiger charge is -2.28. The molecule has 3 aromatic rings. The van der Waals surface area contributed by atoms with Crippen molar-refractivity contribution in [2.75, 3.05) is 20.1 Å². The molecule has 8 heteroatoms. The zero-order valence-corrected chi connectivity index (χ0v) is 14.0. The first-order chi connectivity index (χ1) is 12.2. The van der Waals surface area contributed by atoms with E-state index in [2.05, 4.69) is 30.4 Å². The lowest BCUT2D eigenvalue weighted by atomic mass is 9.93. The lowest BCUT2D eigenvalue weighted by Crippen LogP contribution is -2.38. The third-order valence-corrected chi connectivity index (χ3v) is 4.79. The van der Waals surface area contributed by atoms with Crippen LogP contribution in [-0.4, -0.2) is 56.8 Å². The van der Waals surface area contributed by atoms with E-state index in [0.29, 0.717) is 25.9 Å². The second kappa shape index (κ2) is 6.36. The largest absolute Gasteiger partial charge is 0.346 e. The zero-order valence-electron chi connectivity index (χ0n) is 14.0. The summed E-state index contributed by atoms with van der Waals surface area (Å²) in [4.78, 5) is 15.7. The van der Waals surface area contributed by atoms with Gasteiger partial charge in [0.1, 0.15) is 17.6 Å². The Balaban J connectivity index is 1.72. The van der Waals surface area contributed by atoms with Crippen molar-refractivity contribution in [1.82, 2.24) is 30.0 Å². The van der Waals surface area contributed by atoms with Crippen LogP contribution in [0, 0.1) is 0 Å². The number of nitrogens with zero attached hydrogens (tertiary/aromatic N) is 5. The van der Waals surface area contributed by atoms with E-state index in [4.69, 9.17) is 0 Å². The van der Waals surface area contributed by atoms with Gasteiger partial charge in [0.2, 0.25) is 0 Å². The molecule has 1 aliphatic rings. The Morgan fingerprint density at radius 3 is 3.20 bits per heavy atom. The molecule has 0 aromatic carbocycles. The minimum atomic E-state index is -1.33. The van der Waals surface area contributed by atoms with Crippen molar-refractivity contribution >= 4 is 17.2 Å². The van der Waals surface area contributed by atoms with Crippen molar-refractivity contribution in [1.29, 1.82) is 0 Å². The first kappa shape index (κ1) is 15.9. The molecule has 2 atom stereocenters. The van der Waals surface area contributed by atoms with Gasteiger partial charge in [0.15, 0.2) is 0 Å². The van der Waals surface area contributed by atoms with Gasteiger partial charge in [-0.1, -0.05) is 0 Å². The van der Waals surface area contributed by atoms with Gasteiger partial charge in [-0.15, -0.1) is 0 Å². The van der Waals surface area contributed by atoms with Gasteiger partial charge in [-0.2, -0.15) is 5.10 Å². The van der Waals surface area contributed by atoms with E-state index < -0.39 is 11.7 Å². The van der Waals surface area contributed by atoms with E-state index >= 15 is 4.39 Å². The summed E-state index contributed by atoms with van der Waals surface area (Å²) in [5, 5.41) is 8.48. The molecular formula is C17H20FN7. The fourth-order valence-corrected chi connectivity index (χ4v) is 3.46. The Labute approximate surface area is 144 Å². The molecule has 1 aliphatic heterocycles. The topological polar surface area (TPSA) is 83.8 Å². The number of hydrogen-bond acceptors (Lipinski definition) is 5. The molecule has 7 nitrogen and oxygen atoms in total. The van der Waals surface area contributed by atoms with Crippen LogP contribution < -0.4 is 5.32 Å². The zero-order chi connectivity index (χ0) is 17.3. The molecule has 4 heterocycles. The van der Waals surface area contributed by atoms with E-state index in [0.717, 1.165) is 22.3 Å². The van der Waals surface area contributed by atoms with Crippen LogP contribution in [-0.2, 0) is 0 Å². The van der Waals surface area contributed by atoms with Crippen LogP contribution in [0.15, 0.2) is 36.0 Å². The Morgan fingerprint density at radius 1 is 1.48 bits per heavy atom. The van der Waals surface area contributed by atoms with Crippen LogP contribution in [0.25, 0.3) is 22.3 Å². The molecule has 25 heavy (non-hydrogen) atoms. The maximum Gasteiger partial charge on any atom is 0.147 e. The summed E-state index contributed by atoms with van der Waals surface area (Å²) in [5.74, 6) is 0. The molecule has 130 valence electrons. The minimum absolute atomic E-state index is 0.333. The molecule has 0 radical (unpaired) electrons. The Hall–Kier alpha value is -2.61. The number of aliphatic imine (C=N–C) groups is 1. The predicted molar refractivity (Wildman–Crippen MR) is 94.5 cm³/mol. The Morgan fingerprint density at radius 2 is 2.40 bits per heavy atom. The normalized spacial score (nSPS) is 22.2. The molecule has 3 aromatic heterocycles. The van der Waals surface area contributed by atoms with Gasteiger partial charge in [0.05, 0.1) is 17.9 Å². The molecule has 0 saturated carbocycles. The first-order valence-corrected chi connectivity index (χ1v) is 8.34. The minimum Gasteiger partial charge on any atom is -0.346 e. The van der Waals surface area contributed by atoms with E-state index in [1.807, 2.05) is 18.5 Å². The number of aromatic amines is 1. The van der Waals surface area contributed by atoms with Crippen LogP contribution in [0.3, 0.4) is 0 Å². The van der Waals surface area contributed by atoms with Gasteiger partial charge in [-0.25, -0.2) is 14.4 Å². The fourth-order valence-electron chi connectivity index (χ4n) is 3.46. The highest BCUT2D eigenvalue weighted by atomic mass is 19.1. The van der Waals surface area contributed by atoms with E-state index in [9.17, 15) is 0 Å². The van der Waals surface area contributed by atoms with Gasteiger partial charge in [-0.05, 0) is 19.0 Å². The van der Waals surface area contributed by atoms with Gasteiger partial charge in [-0.3, -0.25) is 4.68 Å². The van der Waals surface area contributed by atoms with Crippen LogP contribution >= 0.6 is 0 Å². The Kier molecular flexibility index (Phi) is 4.04. The molecule has 0 bridgehead atoms. The number of aromatic nitrogens is 5. The predicted octanol–water partition coefficient (Wildman–Crippen LogP) is 2.15. The molecule has 1 fully saturated rings. The fraction of sp³-hybridized carbons (Fsp3) is 0.412. The standard InChI is InChI=1S/C17H20FN7/c1-19-5-3-14(17(18)4-7-20-10-17)25-9-12(8-24-25)15-13-2-6-21-16(13)23-11-22-15/h2,5-6,8-9,11,14,20H,3-4,7,10H2,1H3,(H,21,22,23). The number of hydrogen-bond donors (Lipinski definition) is 2. The molecule has 4 rings (SSSR count). The van der Waals surface area contributed by atoms with Crippen LogP contribution in [0.2, 0.25) is 0 Å². The highest BCUT2D eigenvalue weighted by Crippen LogP contribution is 2.35. The highest BCUT2D eigenvalue weighted by Gasteiger charge is 2.43. The monoisotopic (exact) mass is 341 g/mol. The number of H-pyrrole nitrogens is 1. The molecular weight excluding hydrogens is 321 g/mol. The molecule has 2 N–H and O–H groups in total. The Bertz CT molecular complexity index is 891. The van der Waals surface area contributed by atoms with Crippen LogP contribution in [0.4, 0.5) is 4.39 Å². The lowest BCUT2D eigenvalue weighted by molar-refractivity contribution is 0.105. The number of fused-ring (bicyclic) bond motifs is 1. The first-order valence-electron chi connectivity index (χ1n) is 8.34. The number of halogens is 1. The SMILES string of the molecule is CN=CCC(n1cc(-c2ncnc3[nH]ccc23)cn1)C1(F)CCNC1. The van der Waals surface area contributed by atoms with Crippen LogP contribution in [0.1, 0.15) is 18.9 Å². The van der Waals surface area contributed by atoms with E-state index in [1.165, 1.54) is 6.33 Å². The maximum absolute atomic E-state index is 15.4. The molecule has 0 aliphatic carbocycles. The summed E-state index contributed by atoms with van der Waals surface area (Å²) in [6.07, 6.45) is 9.66. The van der Waals surface area contributed by atoms with Crippen LogP contribution in [0.5, 0.6) is 0 Å². The van der Waals surface area contributed by atoms with Crippen molar-refractivity contribution in [3.8, 4) is 11.3 Å². The third kappa shape index (κ3) is 2.82.